The Bertz CT molecular complexity index is 223. The van der Waals surface area contributed by atoms with Crippen molar-refractivity contribution in [2.75, 3.05) is 0 Å². The number of hydrogen-bond donors (Lipinski definition) is 0. The van der Waals surface area contributed by atoms with Crippen LogP contribution in [0.4, 0.5) is 0 Å². The van der Waals surface area contributed by atoms with Crippen molar-refractivity contribution >= 4 is 11.6 Å². The van der Waals surface area contributed by atoms with E-state index in [1.54, 1.807) is 6.92 Å². The lowest BCUT2D eigenvalue weighted by molar-refractivity contribution is -0.121. The lowest BCUT2D eigenvalue weighted by atomic mass is 10.1. The molecule has 1 aliphatic rings. The first-order valence-corrected chi connectivity index (χ1v) is 3.43. The molecular weight excluding hydrogens is 128 g/mol. The summed E-state index contributed by atoms with van der Waals surface area (Å²) in [5, 5.41) is 0. The van der Waals surface area contributed by atoms with Gasteiger partial charge in [-0.15, -0.1) is 0 Å². The largest absolute Gasteiger partial charge is 0.294 e. The summed E-state index contributed by atoms with van der Waals surface area (Å²) < 4.78 is 0. The second kappa shape index (κ2) is 2.37. The first-order valence-electron chi connectivity index (χ1n) is 3.43. The number of Topliss-reactive ketones (excluding diaryl/α,β-unsaturated/α-hetero) is 2. The smallest absolute Gasteiger partial charge is 0.166 e. The zero-order chi connectivity index (χ0) is 7.72. The van der Waals surface area contributed by atoms with E-state index in [0.29, 0.717) is 12.0 Å². The van der Waals surface area contributed by atoms with Crippen molar-refractivity contribution in [1.82, 2.24) is 0 Å². The first-order chi connectivity index (χ1) is 4.66. The highest BCUT2D eigenvalue weighted by Crippen LogP contribution is 2.21. The van der Waals surface area contributed by atoms with E-state index in [1.807, 2.05) is 6.92 Å². The molecule has 10 heavy (non-hydrogen) atoms. The Morgan fingerprint density at radius 3 is 2.10 bits per heavy atom. The van der Waals surface area contributed by atoms with Crippen LogP contribution in [-0.4, -0.2) is 11.6 Å². The first kappa shape index (κ1) is 7.19. The van der Waals surface area contributed by atoms with Gasteiger partial charge in [0, 0.05) is 5.57 Å². The van der Waals surface area contributed by atoms with Gasteiger partial charge in [-0.3, -0.25) is 9.59 Å². The number of carbonyl (C=O) groups excluding carboxylic acids is 2. The summed E-state index contributed by atoms with van der Waals surface area (Å²) in [7, 11) is 0. The van der Waals surface area contributed by atoms with Crippen LogP contribution in [0.5, 0.6) is 0 Å². The van der Waals surface area contributed by atoms with E-state index in [9.17, 15) is 9.59 Å². The third-order valence-electron chi connectivity index (χ3n) is 1.88. The summed E-state index contributed by atoms with van der Waals surface area (Å²) in [6.07, 6.45) is 0.797. The predicted molar refractivity (Wildman–Crippen MR) is 37.6 cm³/mol. The van der Waals surface area contributed by atoms with Crippen LogP contribution in [0.25, 0.3) is 0 Å². The Labute approximate surface area is 59.9 Å². The van der Waals surface area contributed by atoms with Crippen LogP contribution < -0.4 is 0 Å². The van der Waals surface area contributed by atoms with E-state index in [2.05, 4.69) is 0 Å². The highest BCUT2D eigenvalue weighted by atomic mass is 16.2. The second-order valence-corrected chi connectivity index (χ2v) is 2.48. The van der Waals surface area contributed by atoms with E-state index < -0.39 is 0 Å². The van der Waals surface area contributed by atoms with Crippen LogP contribution in [0.3, 0.4) is 0 Å². The molecule has 54 valence electrons. The molecule has 0 radical (unpaired) electrons. The maximum Gasteiger partial charge on any atom is 0.166 e. The van der Waals surface area contributed by atoms with E-state index in [-0.39, 0.29) is 18.0 Å². The Morgan fingerprint density at radius 1 is 1.30 bits per heavy atom. The molecule has 1 rings (SSSR count). The minimum atomic E-state index is 0.00171. The van der Waals surface area contributed by atoms with Crippen molar-refractivity contribution in [2.45, 2.75) is 26.7 Å². The maximum absolute atomic E-state index is 10.9. The highest BCUT2D eigenvalue weighted by Gasteiger charge is 2.25. The molecule has 0 heterocycles. The topological polar surface area (TPSA) is 34.1 Å². The highest BCUT2D eigenvalue weighted by molar-refractivity contribution is 6.21. The fraction of sp³-hybridized carbons (Fsp3) is 0.500. The average Bonchev–Trinajstić information content (AvgIpc) is 2.09. The molecule has 1 aliphatic carbocycles. The van der Waals surface area contributed by atoms with Crippen LogP contribution in [0.2, 0.25) is 0 Å². The molecule has 0 unspecified atom stereocenters. The third-order valence-corrected chi connectivity index (χ3v) is 1.88. The van der Waals surface area contributed by atoms with Gasteiger partial charge < -0.3 is 0 Å². The Kier molecular flexibility index (Phi) is 1.70. The van der Waals surface area contributed by atoms with E-state index in [1.165, 1.54) is 0 Å². The monoisotopic (exact) mass is 138 g/mol. The fourth-order valence-corrected chi connectivity index (χ4v) is 1.22. The predicted octanol–water partition coefficient (Wildman–Crippen LogP) is 1.25. The van der Waals surface area contributed by atoms with Gasteiger partial charge in [-0.05, 0) is 18.9 Å². The van der Waals surface area contributed by atoms with Gasteiger partial charge >= 0.3 is 0 Å². The van der Waals surface area contributed by atoms with Gasteiger partial charge in [0.25, 0.3) is 0 Å². The molecule has 2 nitrogen and oxygen atoms in total. The summed E-state index contributed by atoms with van der Waals surface area (Å²) in [6, 6.07) is 0. The summed E-state index contributed by atoms with van der Waals surface area (Å²) in [6.45, 7) is 3.63. The number of hydrogen-bond acceptors (Lipinski definition) is 2. The van der Waals surface area contributed by atoms with Crippen molar-refractivity contribution in [3.63, 3.8) is 0 Å². The molecule has 0 aromatic carbocycles. The van der Waals surface area contributed by atoms with Crippen molar-refractivity contribution in [3.8, 4) is 0 Å². The number of ketones is 2. The molecular formula is C8H10O2. The molecule has 0 atom stereocenters. The van der Waals surface area contributed by atoms with Crippen molar-refractivity contribution in [1.29, 1.82) is 0 Å². The van der Waals surface area contributed by atoms with Gasteiger partial charge in [0.2, 0.25) is 0 Å². The van der Waals surface area contributed by atoms with Gasteiger partial charge in [-0.2, -0.15) is 0 Å². The molecule has 0 aromatic rings. The molecule has 0 N–H and O–H groups in total. The van der Waals surface area contributed by atoms with Crippen molar-refractivity contribution in [3.05, 3.63) is 11.1 Å². The number of rotatable bonds is 1. The standard InChI is InChI=1S/C8H10O2/c1-3-6-5(2)7(9)4-8(6)10/h3-4H2,1-2H3. The van der Waals surface area contributed by atoms with Crippen molar-refractivity contribution < 1.29 is 9.59 Å². The molecule has 0 saturated heterocycles. The number of allylic oxidation sites excluding steroid dienone is 2. The van der Waals surface area contributed by atoms with Gasteiger partial charge in [0.1, 0.15) is 0 Å². The maximum atomic E-state index is 10.9. The van der Waals surface area contributed by atoms with Gasteiger partial charge in [0.05, 0.1) is 6.42 Å². The van der Waals surface area contributed by atoms with Crippen molar-refractivity contribution in [2.24, 2.45) is 0 Å². The van der Waals surface area contributed by atoms with Gasteiger partial charge in [0.15, 0.2) is 11.6 Å². The minimum absolute atomic E-state index is 0.00171. The van der Waals surface area contributed by atoms with Gasteiger partial charge in [-0.25, -0.2) is 0 Å². The van der Waals surface area contributed by atoms with Crippen LogP contribution in [-0.2, 0) is 9.59 Å². The lowest BCUT2D eigenvalue weighted by Gasteiger charge is -1.92. The van der Waals surface area contributed by atoms with E-state index >= 15 is 0 Å². The summed E-state index contributed by atoms with van der Waals surface area (Å²) in [4.78, 5) is 21.8. The summed E-state index contributed by atoms with van der Waals surface area (Å²) >= 11 is 0. The minimum Gasteiger partial charge on any atom is -0.294 e. The average molecular weight is 138 g/mol. The third kappa shape index (κ3) is 0.897. The van der Waals surface area contributed by atoms with Crippen LogP contribution in [0.1, 0.15) is 26.7 Å². The molecule has 0 spiro atoms. The second-order valence-electron chi connectivity index (χ2n) is 2.48. The SMILES string of the molecule is CCC1=C(C)C(=O)CC1=O. The normalized spacial score (nSPS) is 19.0. The zero-order valence-corrected chi connectivity index (χ0v) is 6.23. The summed E-state index contributed by atoms with van der Waals surface area (Å²) in [5.41, 5.74) is 1.40. The molecule has 0 aliphatic heterocycles. The summed E-state index contributed by atoms with van der Waals surface area (Å²) in [5.74, 6) is 0.0202. The fourth-order valence-electron chi connectivity index (χ4n) is 1.22. The molecule has 0 bridgehead atoms. The lowest BCUT2D eigenvalue weighted by Crippen LogP contribution is -1.95. The van der Waals surface area contributed by atoms with Crippen LogP contribution in [0.15, 0.2) is 11.1 Å². The molecule has 0 amide bonds. The van der Waals surface area contributed by atoms with Crippen LogP contribution in [0, 0.1) is 0 Å². The molecule has 0 fully saturated rings. The quantitative estimate of drug-likeness (QED) is 0.511. The Morgan fingerprint density at radius 2 is 1.90 bits per heavy atom. The Balaban J connectivity index is 3.01. The van der Waals surface area contributed by atoms with Crippen LogP contribution >= 0.6 is 0 Å². The molecule has 0 aromatic heterocycles. The molecule has 2 heteroatoms. The molecule has 0 saturated carbocycles. The van der Waals surface area contributed by atoms with Gasteiger partial charge in [-0.1, -0.05) is 6.92 Å². The Hall–Kier alpha value is -0.920. The number of carbonyl (C=O) groups is 2. The van der Waals surface area contributed by atoms with E-state index in [0.717, 1.165) is 5.57 Å². The van der Waals surface area contributed by atoms with E-state index in [4.69, 9.17) is 0 Å². The zero-order valence-electron chi connectivity index (χ0n) is 6.23.